The van der Waals surface area contributed by atoms with Crippen LogP contribution in [-0.4, -0.2) is 15.9 Å². The maximum Gasteiger partial charge on any atom is 0.150 e. The number of aromatic nitrogens is 1. The third kappa shape index (κ3) is 5.87. The lowest BCUT2D eigenvalue weighted by Crippen LogP contribution is -2.22. The molecule has 2 aromatic carbocycles. The number of carbonyl (C=O) groups excluding carboxylic acids is 1. The van der Waals surface area contributed by atoms with Crippen molar-refractivity contribution in [2.24, 2.45) is 0 Å². The van der Waals surface area contributed by atoms with Gasteiger partial charge in [0.25, 0.3) is 0 Å². The molecule has 1 aliphatic carbocycles. The van der Waals surface area contributed by atoms with Gasteiger partial charge in [0.2, 0.25) is 0 Å². The Kier molecular flexibility index (Phi) is 9.41. The molecule has 4 rings (SSSR count). The number of rotatable bonds is 7. The second kappa shape index (κ2) is 11.8. The van der Waals surface area contributed by atoms with E-state index in [9.17, 15) is 9.90 Å². The van der Waals surface area contributed by atoms with Gasteiger partial charge in [-0.2, -0.15) is 0 Å². The van der Waals surface area contributed by atoms with E-state index >= 15 is 0 Å². The number of hydrogen-bond acceptors (Lipinski definition) is 4. The molecule has 0 bridgehead atoms. The first kappa shape index (κ1) is 24.0. The smallest absolute Gasteiger partial charge is 0.150 e. The fourth-order valence-corrected chi connectivity index (χ4v) is 4.32. The highest BCUT2D eigenvalue weighted by Crippen LogP contribution is 2.49. The summed E-state index contributed by atoms with van der Waals surface area (Å²) in [6.07, 6.45) is 3.88. The molecule has 160 valence electrons. The highest BCUT2D eigenvalue weighted by molar-refractivity contribution is 7.11. The standard InChI is InChI=1S/C22H21NO2S.2C2H6/c24-18(13-16-7-3-1-4-8-16)19-15-23-21(26-19)14-20(25)22(11-12-22)17-9-5-2-6-10-17;2*1-2/h1-10,15,18,24H,11-14H2;2*1-2H3. The summed E-state index contributed by atoms with van der Waals surface area (Å²) in [5.74, 6) is 0.238. The van der Waals surface area contributed by atoms with Crippen LogP contribution in [-0.2, 0) is 23.1 Å². The van der Waals surface area contributed by atoms with Gasteiger partial charge in [0.15, 0.2) is 0 Å². The van der Waals surface area contributed by atoms with E-state index < -0.39 is 6.10 Å². The number of benzene rings is 2. The number of ketones is 1. The van der Waals surface area contributed by atoms with Crippen LogP contribution in [0.3, 0.4) is 0 Å². The summed E-state index contributed by atoms with van der Waals surface area (Å²) < 4.78 is 0. The fraction of sp³-hybridized carbons (Fsp3) is 0.385. The third-order valence-corrected chi connectivity index (χ3v) is 6.19. The summed E-state index contributed by atoms with van der Waals surface area (Å²) in [5.41, 5.74) is 1.90. The number of thiazole rings is 1. The minimum absolute atomic E-state index is 0.238. The van der Waals surface area contributed by atoms with Crippen molar-refractivity contribution in [3.05, 3.63) is 87.9 Å². The van der Waals surface area contributed by atoms with Gasteiger partial charge in [0.1, 0.15) is 10.8 Å². The van der Waals surface area contributed by atoms with Crippen LogP contribution in [0.15, 0.2) is 66.9 Å². The summed E-state index contributed by atoms with van der Waals surface area (Å²) in [7, 11) is 0. The number of hydrogen-bond donors (Lipinski definition) is 1. The molecule has 4 heteroatoms. The molecule has 3 aromatic rings. The van der Waals surface area contributed by atoms with E-state index in [0.29, 0.717) is 12.8 Å². The van der Waals surface area contributed by atoms with Gasteiger partial charge in [-0.15, -0.1) is 11.3 Å². The minimum atomic E-state index is -0.581. The molecule has 1 N–H and O–H groups in total. The lowest BCUT2D eigenvalue weighted by Gasteiger charge is -2.13. The molecule has 0 spiro atoms. The first-order valence-corrected chi connectivity index (χ1v) is 11.7. The molecule has 1 saturated carbocycles. The number of carbonyl (C=O) groups is 1. The molecule has 1 heterocycles. The molecule has 30 heavy (non-hydrogen) atoms. The van der Waals surface area contributed by atoms with Crippen LogP contribution >= 0.6 is 11.3 Å². The SMILES string of the molecule is CC.CC.O=C(Cc1ncc(C(O)Cc2ccccc2)s1)C1(c2ccccc2)CC1. The van der Waals surface area contributed by atoms with Crippen molar-refractivity contribution < 1.29 is 9.90 Å². The maximum atomic E-state index is 12.9. The van der Waals surface area contributed by atoms with Crippen molar-refractivity contribution >= 4 is 17.1 Å². The highest BCUT2D eigenvalue weighted by Gasteiger charge is 2.50. The molecule has 0 saturated heterocycles. The largest absolute Gasteiger partial charge is 0.387 e. The molecule has 1 atom stereocenters. The van der Waals surface area contributed by atoms with Gasteiger partial charge in [0.05, 0.1) is 22.8 Å². The van der Waals surface area contributed by atoms with Gasteiger partial charge in [-0.05, 0) is 24.0 Å². The average Bonchev–Trinajstić information content (AvgIpc) is 3.50. The molecule has 3 nitrogen and oxygen atoms in total. The van der Waals surface area contributed by atoms with E-state index in [2.05, 4.69) is 4.98 Å². The summed E-state index contributed by atoms with van der Waals surface area (Å²) >= 11 is 1.45. The third-order valence-electron chi connectivity index (χ3n) is 5.09. The summed E-state index contributed by atoms with van der Waals surface area (Å²) in [4.78, 5) is 18.1. The second-order valence-electron chi connectivity index (χ2n) is 6.91. The lowest BCUT2D eigenvalue weighted by molar-refractivity contribution is -0.120. The average molecular weight is 424 g/mol. The van der Waals surface area contributed by atoms with Crippen molar-refractivity contribution in [3.63, 3.8) is 0 Å². The molecule has 0 amide bonds. The van der Waals surface area contributed by atoms with Crippen LogP contribution in [0.1, 0.15) is 67.7 Å². The van der Waals surface area contributed by atoms with Crippen LogP contribution in [0, 0.1) is 0 Å². The summed E-state index contributed by atoms with van der Waals surface area (Å²) in [6, 6.07) is 20.0. The molecule has 1 fully saturated rings. The number of aliphatic hydroxyl groups is 1. The van der Waals surface area contributed by atoms with Crippen molar-refractivity contribution in [1.82, 2.24) is 4.98 Å². The molecular weight excluding hydrogens is 390 g/mol. The Bertz CT molecular complexity index is 886. The first-order chi connectivity index (χ1) is 14.7. The number of Topliss-reactive ketones (excluding diaryl/α,β-unsaturated/α-hetero) is 1. The Morgan fingerprint density at radius 2 is 1.57 bits per heavy atom. The Morgan fingerprint density at radius 1 is 1.00 bits per heavy atom. The van der Waals surface area contributed by atoms with E-state index in [0.717, 1.165) is 33.9 Å². The lowest BCUT2D eigenvalue weighted by atomic mass is 9.90. The Balaban J connectivity index is 0.000000757. The Labute approximate surface area is 184 Å². The molecule has 0 radical (unpaired) electrons. The Hall–Kier alpha value is -2.30. The zero-order chi connectivity index (χ0) is 22.0. The minimum Gasteiger partial charge on any atom is -0.387 e. The van der Waals surface area contributed by atoms with Crippen molar-refractivity contribution in [2.45, 2.75) is 64.9 Å². The van der Waals surface area contributed by atoms with Gasteiger partial charge in [-0.1, -0.05) is 88.4 Å². The molecular formula is C26H33NO2S. The predicted molar refractivity (Wildman–Crippen MR) is 126 cm³/mol. The van der Waals surface area contributed by atoms with Gasteiger partial charge < -0.3 is 5.11 Å². The predicted octanol–water partition coefficient (Wildman–Crippen LogP) is 6.32. The molecule has 0 aliphatic heterocycles. The van der Waals surface area contributed by atoms with Gasteiger partial charge in [0, 0.05) is 12.6 Å². The highest BCUT2D eigenvalue weighted by atomic mass is 32.1. The number of aliphatic hydroxyl groups excluding tert-OH is 1. The van der Waals surface area contributed by atoms with E-state index in [4.69, 9.17) is 0 Å². The Morgan fingerprint density at radius 3 is 2.13 bits per heavy atom. The zero-order valence-corrected chi connectivity index (χ0v) is 19.3. The first-order valence-electron chi connectivity index (χ1n) is 10.9. The quantitative estimate of drug-likeness (QED) is 0.484. The number of nitrogens with zero attached hydrogens (tertiary/aromatic N) is 1. The van der Waals surface area contributed by atoms with Gasteiger partial charge >= 0.3 is 0 Å². The van der Waals surface area contributed by atoms with Crippen LogP contribution in [0.2, 0.25) is 0 Å². The van der Waals surface area contributed by atoms with Gasteiger partial charge in [-0.3, -0.25) is 4.79 Å². The van der Waals surface area contributed by atoms with Crippen molar-refractivity contribution in [2.75, 3.05) is 0 Å². The summed E-state index contributed by atoms with van der Waals surface area (Å²) in [6.45, 7) is 8.00. The van der Waals surface area contributed by atoms with Crippen LogP contribution < -0.4 is 0 Å². The van der Waals surface area contributed by atoms with E-state index in [1.165, 1.54) is 11.3 Å². The maximum absolute atomic E-state index is 12.9. The normalized spacial score (nSPS) is 14.4. The fourth-order valence-electron chi connectivity index (χ4n) is 3.42. The molecule has 1 aliphatic rings. The van der Waals surface area contributed by atoms with Crippen LogP contribution in [0.25, 0.3) is 0 Å². The monoisotopic (exact) mass is 423 g/mol. The van der Waals surface area contributed by atoms with Gasteiger partial charge in [-0.25, -0.2) is 4.98 Å². The van der Waals surface area contributed by atoms with E-state index in [1.807, 2.05) is 88.4 Å². The van der Waals surface area contributed by atoms with Crippen molar-refractivity contribution in [1.29, 1.82) is 0 Å². The van der Waals surface area contributed by atoms with Crippen LogP contribution in [0.4, 0.5) is 0 Å². The zero-order valence-electron chi connectivity index (χ0n) is 18.5. The topological polar surface area (TPSA) is 50.2 Å². The molecule has 1 aromatic heterocycles. The van der Waals surface area contributed by atoms with E-state index in [1.54, 1.807) is 6.20 Å². The second-order valence-corrected chi connectivity index (χ2v) is 8.06. The van der Waals surface area contributed by atoms with Crippen LogP contribution in [0.5, 0.6) is 0 Å². The molecule has 1 unspecified atom stereocenters. The van der Waals surface area contributed by atoms with E-state index in [-0.39, 0.29) is 11.2 Å². The summed E-state index contributed by atoms with van der Waals surface area (Å²) in [5, 5.41) is 11.2. The van der Waals surface area contributed by atoms with Crippen molar-refractivity contribution in [3.8, 4) is 0 Å².